The maximum Gasteiger partial charge on any atom is 0.224 e. The van der Waals surface area contributed by atoms with Gasteiger partial charge < -0.3 is 15.8 Å². The van der Waals surface area contributed by atoms with Gasteiger partial charge in [-0.2, -0.15) is 0 Å². The molecule has 0 spiro atoms. The van der Waals surface area contributed by atoms with Crippen LogP contribution in [-0.2, 0) is 4.79 Å². The van der Waals surface area contributed by atoms with E-state index < -0.39 is 0 Å². The third-order valence-electron chi connectivity index (χ3n) is 3.85. The minimum atomic E-state index is -0.362. The molecule has 136 valence electrons. The van der Waals surface area contributed by atoms with Gasteiger partial charge in [0, 0.05) is 6.04 Å². The Kier molecular flexibility index (Phi) is 8.38. The smallest absolute Gasteiger partial charge is 0.224 e. The van der Waals surface area contributed by atoms with E-state index in [-0.39, 0.29) is 42.2 Å². The fourth-order valence-electron chi connectivity index (χ4n) is 2.32. The maximum absolute atomic E-state index is 12.9. The summed E-state index contributed by atoms with van der Waals surface area (Å²) in [5.41, 5.74) is 7.08. The summed E-state index contributed by atoms with van der Waals surface area (Å²) in [5.74, 6) is -0.231. The molecule has 0 aliphatic carbocycles. The van der Waals surface area contributed by atoms with Crippen molar-refractivity contribution in [2.45, 2.75) is 26.0 Å². The SMILES string of the molecule is CC(CNC(=O)C(C)C(N)c1ccccc1)Oc1ccc(F)cc1.Cl. The van der Waals surface area contributed by atoms with Gasteiger partial charge >= 0.3 is 0 Å². The maximum atomic E-state index is 12.9. The molecule has 0 heterocycles. The van der Waals surface area contributed by atoms with Gasteiger partial charge in [-0.25, -0.2) is 4.39 Å². The summed E-state index contributed by atoms with van der Waals surface area (Å²) in [6.45, 7) is 3.99. The minimum Gasteiger partial charge on any atom is -0.489 e. The number of carbonyl (C=O) groups is 1. The summed E-state index contributed by atoms with van der Waals surface area (Å²) >= 11 is 0. The van der Waals surface area contributed by atoms with Gasteiger partial charge in [0.15, 0.2) is 0 Å². The molecule has 3 unspecified atom stereocenters. The van der Waals surface area contributed by atoms with Gasteiger partial charge in [-0.15, -0.1) is 12.4 Å². The molecule has 6 heteroatoms. The molecule has 0 aromatic heterocycles. The highest BCUT2D eigenvalue weighted by atomic mass is 35.5. The second-order valence-electron chi connectivity index (χ2n) is 5.85. The molecule has 25 heavy (non-hydrogen) atoms. The topological polar surface area (TPSA) is 64.4 Å². The van der Waals surface area contributed by atoms with E-state index in [1.165, 1.54) is 12.1 Å². The van der Waals surface area contributed by atoms with Crippen molar-refractivity contribution in [2.24, 2.45) is 11.7 Å². The highest BCUT2D eigenvalue weighted by Crippen LogP contribution is 2.19. The number of hydrogen-bond donors (Lipinski definition) is 2. The third-order valence-corrected chi connectivity index (χ3v) is 3.85. The van der Waals surface area contributed by atoms with Crippen LogP contribution in [-0.4, -0.2) is 18.6 Å². The van der Waals surface area contributed by atoms with Crippen LogP contribution in [0.4, 0.5) is 4.39 Å². The van der Waals surface area contributed by atoms with Crippen LogP contribution >= 0.6 is 12.4 Å². The number of amides is 1. The molecule has 1 amide bonds. The lowest BCUT2D eigenvalue weighted by Crippen LogP contribution is -2.40. The van der Waals surface area contributed by atoms with E-state index in [1.807, 2.05) is 37.3 Å². The van der Waals surface area contributed by atoms with Crippen molar-refractivity contribution in [3.05, 3.63) is 66.0 Å². The largest absolute Gasteiger partial charge is 0.489 e. The lowest BCUT2D eigenvalue weighted by atomic mass is 9.94. The van der Waals surface area contributed by atoms with E-state index >= 15 is 0 Å². The lowest BCUT2D eigenvalue weighted by Gasteiger charge is -2.21. The van der Waals surface area contributed by atoms with Gasteiger partial charge in [0.25, 0.3) is 0 Å². The molecule has 0 aliphatic rings. The summed E-state index contributed by atoms with van der Waals surface area (Å²) in [4.78, 5) is 12.3. The number of rotatable bonds is 7. The summed E-state index contributed by atoms with van der Waals surface area (Å²) in [5, 5.41) is 2.85. The van der Waals surface area contributed by atoms with Gasteiger partial charge in [0.2, 0.25) is 5.91 Å². The molecule has 0 saturated heterocycles. The molecular weight excluding hydrogens is 343 g/mol. The van der Waals surface area contributed by atoms with Crippen LogP contribution in [0.5, 0.6) is 5.75 Å². The third kappa shape index (κ3) is 6.36. The average molecular weight is 367 g/mol. The Morgan fingerprint density at radius 3 is 2.32 bits per heavy atom. The Hall–Kier alpha value is -2.11. The first-order valence-electron chi connectivity index (χ1n) is 7.98. The van der Waals surface area contributed by atoms with E-state index in [9.17, 15) is 9.18 Å². The summed E-state index contributed by atoms with van der Waals surface area (Å²) in [6, 6.07) is 15.0. The molecule has 0 saturated carbocycles. The zero-order chi connectivity index (χ0) is 17.5. The first-order chi connectivity index (χ1) is 11.5. The van der Waals surface area contributed by atoms with Crippen LogP contribution in [0.25, 0.3) is 0 Å². The molecule has 2 rings (SSSR count). The van der Waals surface area contributed by atoms with Crippen molar-refractivity contribution in [1.82, 2.24) is 5.32 Å². The zero-order valence-electron chi connectivity index (χ0n) is 14.3. The molecule has 0 radical (unpaired) electrons. The standard InChI is InChI=1S/C19H23FN2O2.ClH/c1-13(24-17-10-8-16(20)9-11-17)12-22-19(23)14(2)18(21)15-6-4-3-5-7-15;/h3-11,13-14,18H,12,21H2,1-2H3,(H,22,23);1H. The average Bonchev–Trinajstić information content (AvgIpc) is 2.61. The molecule has 2 aromatic rings. The normalized spacial score (nSPS) is 13.9. The molecule has 2 aromatic carbocycles. The number of ether oxygens (including phenoxy) is 1. The Balaban J connectivity index is 0.00000312. The monoisotopic (exact) mass is 366 g/mol. The molecule has 3 atom stereocenters. The molecule has 3 N–H and O–H groups in total. The van der Waals surface area contributed by atoms with Crippen LogP contribution < -0.4 is 15.8 Å². The van der Waals surface area contributed by atoms with Gasteiger partial charge in [0.1, 0.15) is 17.7 Å². The van der Waals surface area contributed by atoms with Crippen LogP contribution in [0, 0.1) is 11.7 Å². The van der Waals surface area contributed by atoms with Gasteiger partial charge in [-0.1, -0.05) is 37.3 Å². The van der Waals surface area contributed by atoms with Gasteiger partial charge in [-0.05, 0) is 36.8 Å². The van der Waals surface area contributed by atoms with Crippen molar-refractivity contribution < 1.29 is 13.9 Å². The lowest BCUT2D eigenvalue weighted by molar-refractivity contribution is -0.125. The molecular formula is C19H24ClFN2O2. The molecule has 4 nitrogen and oxygen atoms in total. The molecule has 0 aliphatic heterocycles. The van der Waals surface area contributed by atoms with Gasteiger partial charge in [-0.3, -0.25) is 4.79 Å². The number of carbonyl (C=O) groups excluding carboxylic acids is 1. The second kappa shape index (κ2) is 10.0. The van der Waals surface area contributed by atoms with E-state index in [0.29, 0.717) is 12.3 Å². The van der Waals surface area contributed by atoms with E-state index in [1.54, 1.807) is 19.1 Å². The zero-order valence-corrected chi connectivity index (χ0v) is 15.1. The predicted octanol–water partition coefficient (Wildman–Crippen LogP) is 3.47. The minimum absolute atomic E-state index is 0. The second-order valence-corrected chi connectivity index (χ2v) is 5.85. The number of nitrogens with two attached hydrogens (primary N) is 1. The van der Waals surface area contributed by atoms with Crippen molar-refractivity contribution in [2.75, 3.05) is 6.54 Å². The Morgan fingerprint density at radius 2 is 1.72 bits per heavy atom. The van der Waals surface area contributed by atoms with E-state index in [4.69, 9.17) is 10.5 Å². The predicted molar refractivity (Wildman–Crippen MR) is 99.3 cm³/mol. The number of halogens is 2. The van der Waals surface area contributed by atoms with Crippen molar-refractivity contribution >= 4 is 18.3 Å². The number of benzene rings is 2. The quantitative estimate of drug-likeness (QED) is 0.788. The van der Waals surface area contributed by atoms with Crippen LogP contribution in [0.2, 0.25) is 0 Å². The number of hydrogen-bond acceptors (Lipinski definition) is 3. The summed E-state index contributed by atoms with van der Waals surface area (Å²) < 4.78 is 18.5. The Bertz CT molecular complexity index is 652. The van der Waals surface area contributed by atoms with Crippen LogP contribution in [0.3, 0.4) is 0 Å². The highest BCUT2D eigenvalue weighted by Gasteiger charge is 2.22. The van der Waals surface area contributed by atoms with Crippen molar-refractivity contribution in [1.29, 1.82) is 0 Å². The summed E-state index contributed by atoms with van der Waals surface area (Å²) in [6.07, 6.45) is -0.237. The highest BCUT2D eigenvalue weighted by molar-refractivity contribution is 5.85. The Labute approximate surface area is 154 Å². The first-order valence-corrected chi connectivity index (χ1v) is 7.98. The number of nitrogens with one attached hydrogen (secondary N) is 1. The summed E-state index contributed by atoms with van der Waals surface area (Å²) in [7, 11) is 0. The van der Waals surface area contributed by atoms with Crippen LogP contribution in [0.1, 0.15) is 25.5 Å². The fourth-order valence-corrected chi connectivity index (χ4v) is 2.32. The first kappa shape index (κ1) is 20.9. The van der Waals surface area contributed by atoms with E-state index in [2.05, 4.69) is 5.32 Å². The van der Waals surface area contributed by atoms with Crippen molar-refractivity contribution in [3.8, 4) is 5.75 Å². The fraction of sp³-hybridized carbons (Fsp3) is 0.316. The van der Waals surface area contributed by atoms with Gasteiger partial charge in [0.05, 0.1) is 12.5 Å². The van der Waals surface area contributed by atoms with Crippen LogP contribution in [0.15, 0.2) is 54.6 Å². The van der Waals surface area contributed by atoms with E-state index in [0.717, 1.165) is 5.56 Å². The molecule has 0 bridgehead atoms. The Morgan fingerprint density at radius 1 is 1.12 bits per heavy atom. The molecule has 0 fully saturated rings. The van der Waals surface area contributed by atoms with Crippen molar-refractivity contribution in [3.63, 3.8) is 0 Å².